The van der Waals surface area contributed by atoms with Crippen molar-refractivity contribution >= 4 is 27.5 Å². The Morgan fingerprint density at radius 1 is 1.62 bits per heavy atom. The maximum Gasteiger partial charge on any atom is 0.0621 e. The number of alkyl halides is 1. The van der Waals surface area contributed by atoms with Crippen molar-refractivity contribution < 1.29 is 4.74 Å². The predicted octanol–water partition coefficient (Wildman–Crippen LogP) is 3.47. The van der Waals surface area contributed by atoms with Gasteiger partial charge in [0.05, 0.1) is 11.6 Å². The van der Waals surface area contributed by atoms with Crippen molar-refractivity contribution in [1.29, 1.82) is 0 Å². The molecule has 0 saturated carbocycles. The molecule has 16 heavy (non-hydrogen) atoms. The summed E-state index contributed by atoms with van der Waals surface area (Å²) in [5.41, 5.74) is 1.16. The molecule has 1 aliphatic heterocycles. The third-order valence-electron chi connectivity index (χ3n) is 2.98. The zero-order chi connectivity index (χ0) is 11.4. The first-order valence-electron chi connectivity index (χ1n) is 5.57. The lowest BCUT2D eigenvalue weighted by Gasteiger charge is -2.26. The van der Waals surface area contributed by atoms with Crippen LogP contribution in [0.5, 0.6) is 0 Å². The monoisotopic (exact) mass is 303 g/mol. The Bertz CT molecular complexity index is 342. The molecule has 0 N–H and O–H groups in total. The van der Waals surface area contributed by atoms with E-state index in [1.54, 1.807) is 12.4 Å². The molecule has 1 saturated heterocycles. The van der Waals surface area contributed by atoms with Crippen molar-refractivity contribution in [2.75, 3.05) is 13.2 Å². The average Bonchev–Trinajstić information content (AvgIpc) is 2.33. The third kappa shape index (κ3) is 3.19. The van der Waals surface area contributed by atoms with Crippen molar-refractivity contribution in [3.05, 3.63) is 29.0 Å². The number of hydrogen-bond donors (Lipinski definition) is 0. The van der Waals surface area contributed by atoms with Gasteiger partial charge in [-0.1, -0.05) is 27.5 Å². The molecule has 0 bridgehead atoms. The molecule has 0 aromatic carbocycles. The quantitative estimate of drug-likeness (QED) is 0.798. The summed E-state index contributed by atoms with van der Waals surface area (Å²) in [6.45, 7) is 1.77. The van der Waals surface area contributed by atoms with Gasteiger partial charge in [-0.2, -0.15) is 0 Å². The highest BCUT2D eigenvalue weighted by Gasteiger charge is 2.22. The van der Waals surface area contributed by atoms with Crippen LogP contribution in [0.25, 0.3) is 0 Å². The van der Waals surface area contributed by atoms with E-state index in [9.17, 15) is 0 Å². The standard InChI is InChI=1S/C12H15BrClNO/c13-11(10-2-1-5-16-8-10)6-9-3-4-15-7-12(9)14/h3-4,7,10-11H,1-2,5-6,8H2. The van der Waals surface area contributed by atoms with E-state index in [4.69, 9.17) is 16.3 Å². The average molecular weight is 305 g/mol. The fourth-order valence-corrected chi connectivity index (χ4v) is 2.96. The highest BCUT2D eigenvalue weighted by atomic mass is 79.9. The maximum absolute atomic E-state index is 6.09. The number of ether oxygens (including phenoxy) is 1. The van der Waals surface area contributed by atoms with Gasteiger partial charge in [-0.15, -0.1) is 0 Å². The largest absolute Gasteiger partial charge is 0.381 e. The van der Waals surface area contributed by atoms with Crippen LogP contribution in [0.1, 0.15) is 18.4 Å². The molecular weight excluding hydrogens is 289 g/mol. The van der Waals surface area contributed by atoms with Crippen molar-refractivity contribution in [3.63, 3.8) is 0 Å². The van der Waals surface area contributed by atoms with Crippen LogP contribution in [0.3, 0.4) is 0 Å². The molecule has 1 fully saturated rings. The first-order chi connectivity index (χ1) is 7.77. The van der Waals surface area contributed by atoms with Gasteiger partial charge in [0.15, 0.2) is 0 Å². The normalized spacial score (nSPS) is 23.0. The SMILES string of the molecule is Clc1cnccc1CC(Br)C1CCCOC1. The van der Waals surface area contributed by atoms with Gasteiger partial charge < -0.3 is 4.74 Å². The van der Waals surface area contributed by atoms with E-state index in [-0.39, 0.29) is 0 Å². The minimum atomic E-state index is 0.438. The summed E-state index contributed by atoms with van der Waals surface area (Å²) in [6, 6.07) is 1.99. The van der Waals surface area contributed by atoms with Crippen molar-refractivity contribution in [2.24, 2.45) is 5.92 Å². The van der Waals surface area contributed by atoms with E-state index in [1.807, 2.05) is 6.07 Å². The van der Waals surface area contributed by atoms with Crippen molar-refractivity contribution in [2.45, 2.75) is 24.1 Å². The van der Waals surface area contributed by atoms with Crippen LogP contribution >= 0.6 is 27.5 Å². The van der Waals surface area contributed by atoms with Crippen LogP contribution in [-0.2, 0) is 11.2 Å². The topological polar surface area (TPSA) is 22.1 Å². The fraction of sp³-hybridized carbons (Fsp3) is 0.583. The fourth-order valence-electron chi connectivity index (χ4n) is 2.00. The lowest BCUT2D eigenvalue weighted by Crippen LogP contribution is -2.26. The second kappa shape index (κ2) is 5.99. The van der Waals surface area contributed by atoms with Gasteiger partial charge >= 0.3 is 0 Å². The van der Waals surface area contributed by atoms with Crippen LogP contribution in [0.2, 0.25) is 5.02 Å². The number of nitrogens with zero attached hydrogens (tertiary/aromatic N) is 1. The van der Waals surface area contributed by atoms with E-state index < -0.39 is 0 Å². The van der Waals surface area contributed by atoms with Crippen molar-refractivity contribution in [1.82, 2.24) is 4.98 Å². The van der Waals surface area contributed by atoms with Crippen LogP contribution in [0.15, 0.2) is 18.5 Å². The van der Waals surface area contributed by atoms with Gasteiger partial charge in [0, 0.05) is 23.8 Å². The molecule has 1 aromatic heterocycles. The minimum Gasteiger partial charge on any atom is -0.381 e. The number of hydrogen-bond acceptors (Lipinski definition) is 2. The second-order valence-electron chi connectivity index (χ2n) is 4.16. The Balaban J connectivity index is 1.96. The Morgan fingerprint density at radius 3 is 3.19 bits per heavy atom. The number of pyridine rings is 1. The molecular formula is C12H15BrClNO. The first-order valence-corrected chi connectivity index (χ1v) is 6.87. The molecule has 0 aliphatic carbocycles. The van der Waals surface area contributed by atoms with Gasteiger partial charge in [-0.05, 0) is 36.8 Å². The summed E-state index contributed by atoms with van der Waals surface area (Å²) < 4.78 is 5.50. The predicted molar refractivity (Wildman–Crippen MR) is 69.2 cm³/mol. The third-order valence-corrected chi connectivity index (χ3v) is 4.39. The van der Waals surface area contributed by atoms with Gasteiger partial charge in [-0.3, -0.25) is 4.98 Å². The smallest absolute Gasteiger partial charge is 0.0621 e. The van der Waals surface area contributed by atoms with Gasteiger partial charge in [0.1, 0.15) is 0 Å². The molecule has 2 nitrogen and oxygen atoms in total. The van der Waals surface area contributed by atoms with Gasteiger partial charge in [0.2, 0.25) is 0 Å². The Hall–Kier alpha value is -0.120. The molecule has 0 radical (unpaired) electrons. The van der Waals surface area contributed by atoms with Crippen LogP contribution < -0.4 is 0 Å². The molecule has 2 heterocycles. The molecule has 0 spiro atoms. The maximum atomic E-state index is 6.09. The summed E-state index contributed by atoms with van der Waals surface area (Å²) in [5.74, 6) is 0.595. The van der Waals surface area contributed by atoms with E-state index in [0.29, 0.717) is 10.7 Å². The molecule has 2 rings (SSSR count). The summed E-state index contributed by atoms with van der Waals surface area (Å²) >= 11 is 9.84. The van der Waals surface area contributed by atoms with Gasteiger partial charge in [0.25, 0.3) is 0 Å². The molecule has 1 aromatic rings. The Labute approximate surface area is 109 Å². The summed E-state index contributed by atoms with van der Waals surface area (Å²) in [6.07, 6.45) is 6.83. The highest BCUT2D eigenvalue weighted by Crippen LogP contribution is 2.27. The van der Waals surface area contributed by atoms with E-state index in [0.717, 1.165) is 36.6 Å². The van der Waals surface area contributed by atoms with Crippen LogP contribution in [0.4, 0.5) is 0 Å². The van der Waals surface area contributed by atoms with E-state index in [1.165, 1.54) is 6.42 Å². The molecule has 4 heteroatoms. The highest BCUT2D eigenvalue weighted by molar-refractivity contribution is 9.09. The molecule has 0 amide bonds. The van der Waals surface area contributed by atoms with E-state index in [2.05, 4.69) is 20.9 Å². The molecule has 1 aliphatic rings. The molecule has 2 atom stereocenters. The number of rotatable bonds is 3. The van der Waals surface area contributed by atoms with Crippen LogP contribution in [0, 0.1) is 5.92 Å². The van der Waals surface area contributed by atoms with Gasteiger partial charge in [-0.25, -0.2) is 0 Å². The lowest BCUT2D eigenvalue weighted by atomic mass is 9.94. The summed E-state index contributed by atoms with van der Waals surface area (Å²) in [4.78, 5) is 4.43. The lowest BCUT2D eigenvalue weighted by molar-refractivity contribution is 0.0547. The molecule has 2 unspecified atom stereocenters. The minimum absolute atomic E-state index is 0.438. The number of halogens is 2. The summed E-state index contributed by atoms with van der Waals surface area (Å²) in [5, 5.41) is 0.753. The Morgan fingerprint density at radius 2 is 2.50 bits per heavy atom. The molecule has 88 valence electrons. The summed E-state index contributed by atoms with van der Waals surface area (Å²) in [7, 11) is 0. The van der Waals surface area contributed by atoms with Crippen molar-refractivity contribution in [3.8, 4) is 0 Å². The van der Waals surface area contributed by atoms with Crippen LogP contribution in [-0.4, -0.2) is 23.0 Å². The Kier molecular flexibility index (Phi) is 4.62. The second-order valence-corrected chi connectivity index (χ2v) is 5.75. The zero-order valence-electron chi connectivity index (χ0n) is 9.03. The van der Waals surface area contributed by atoms with E-state index >= 15 is 0 Å². The number of aromatic nitrogens is 1. The first kappa shape index (κ1) is 12.3. The zero-order valence-corrected chi connectivity index (χ0v) is 11.4.